The third-order valence-electron chi connectivity index (χ3n) is 5.69. The second-order valence-corrected chi connectivity index (χ2v) is 8.07. The molecule has 0 fully saturated rings. The second kappa shape index (κ2) is 6.40. The summed E-state index contributed by atoms with van der Waals surface area (Å²) in [5, 5.41) is 10.7. The van der Waals surface area contributed by atoms with Gasteiger partial charge in [-0.25, -0.2) is 0 Å². The van der Waals surface area contributed by atoms with Gasteiger partial charge in [0, 0.05) is 11.6 Å². The Bertz CT molecular complexity index is 1090. The summed E-state index contributed by atoms with van der Waals surface area (Å²) in [6.07, 6.45) is 1.59. The molecule has 3 heterocycles. The molecule has 156 valence electrons. The van der Waals surface area contributed by atoms with Crippen LogP contribution in [0.2, 0.25) is 0 Å². The zero-order valence-corrected chi connectivity index (χ0v) is 17.1. The number of carbonyl (C=O) groups excluding carboxylic acids is 1. The summed E-state index contributed by atoms with van der Waals surface area (Å²) in [6.45, 7) is 3.90. The Labute approximate surface area is 173 Å². The van der Waals surface area contributed by atoms with Gasteiger partial charge >= 0.3 is 0 Å². The highest BCUT2D eigenvalue weighted by Gasteiger charge is 2.49. The van der Waals surface area contributed by atoms with Crippen molar-refractivity contribution in [1.82, 2.24) is 0 Å². The van der Waals surface area contributed by atoms with Gasteiger partial charge in [-0.15, -0.1) is 0 Å². The van der Waals surface area contributed by atoms with E-state index in [4.69, 9.17) is 23.7 Å². The molecule has 0 radical (unpaired) electrons. The number of ketones is 1. The van der Waals surface area contributed by atoms with E-state index in [-0.39, 0.29) is 5.78 Å². The number of methoxy groups -OCH3 is 2. The summed E-state index contributed by atoms with van der Waals surface area (Å²) in [7, 11) is 3.03. The Kier molecular flexibility index (Phi) is 4.02. The van der Waals surface area contributed by atoms with Gasteiger partial charge in [-0.3, -0.25) is 4.79 Å². The topological polar surface area (TPSA) is 83.5 Å². The molecule has 0 saturated heterocycles. The van der Waals surface area contributed by atoms with Crippen LogP contribution in [0.1, 0.15) is 41.3 Å². The molecule has 3 aliphatic rings. The largest absolute Gasteiger partial charge is 0.493 e. The Morgan fingerprint density at radius 2 is 1.77 bits per heavy atom. The van der Waals surface area contributed by atoms with E-state index in [1.165, 1.54) is 14.2 Å². The quantitative estimate of drug-likeness (QED) is 0.813. The molecule has 5 rings (SSSR count). The maximum atomic E-state index is 13.5. The Balaban J connectivity index is 1.64. The van der Waals surface area contributed by atoms with Crippen molar-refractivity contribution < 1.29 is 33.6 Å². The SMILES string of the molecule is COc1cc2c(cc1OC)[C@@H]1C(=O)c3ccc4c(c3O[C@H]1[C@@H](O)O2)C=CC(C)(C)O4. The number of rotatable bonds is 2. The third-order valence-corrected chi connectivity index (χ3v) is 5.69. The van der Waals surface area contributed by atoms with Gasteiger partial charge in [-0.05, 0) is 44.2 Å². The van der Waals surface area contributed by atoms with Crippen LogP contribution in [0.5, 0.6) is 28.7 Å². The molecule has 3 atom stereocenters. The zero-order chi connectivity index (χ0) is 21.2. The minimum absolute atomic E-state index is 0.155. The fourth-order valence-electron chi connectivity index (χ4n) is 4.23. The molecular formula is C23H22O7. The highest BCUT2D eigenvalue weighted by molar-refractivity contribution is 6.06. The fourth-order valence-corrected chi connectivity index (χ4v) is 4.23. The van der Waals surface area contributed by atoms with E-state index in [1.807, 2.05) is 26.0 Å². The average molecular weight is 410 g/mol. The van der Waals surface area contributed by atoms with E-state index in [1.54, 1.807) is 24.3 Å². The summed E-state index contributed by atoms with van der Waals surface area (Å²) in [6, 6.07) is 6.81. The monoisotopic (exact) mass is 410 g/mol. The van der Waals surface area contributed by atoms with Gasteiger partial charge in [0.15, 0.2) is 23.4 Å². The first kappa shape index (κ1) is 18.8. The molecule has 0 bridgehead atoms. The van der Waals surface area contributed by atoms with E-state index in [0.717, 1.165) is 0 Å². The minimum Gasteiger partial charge on any atom is -0.493 e. The molecule has 7 nitrogen and oxygen atoms in total. The van der Waals surface area contributed by atoms with Crippen molar-refractivity contribution >= 4 is 11.9 Å². The lowest BCUT2D eigenvalue weighted by atomic mass is 9.80. The number of ether oxygens (including phenoxy) is 5. The maximum Gasteiger partial charge on any atom is 0.235 e. The molecule has 0 unspecified atom stereocenters. The predicted octanol–water partition coefficient (Wildman–Crippen LogP) is 3.33. The number of fused-ring (bicyclic) bond motifs is 6. The average Bonchev–Trinajstić information content (AvgIpc) is 2.72. The molecule has 3 aliphatic heterocycles. The fraction of sp³-hybridized carbons (Fsp3) is 0.348. The Morgan fingerprint density at radius 3 is 2.50 bits per heavy atom. The molecule has 0 aliphatic carbocycles. The van der Waals surface area contributed by atoms with Crippen molar-refractivity contribution in [2.75, 3.05) is 14.2 Å². The standard InChI is InChI=1S/C23H22O7/c1-23(2)8-7-11-14(30-23)6-5-12-19(24)18-13-9-16(26-3)17(27-4)10-15(13)28-22(25)21(18)29-20(11)12/h5-10,18,21-22,25H,1-4H3/t18-,21-,22+/m1/s1. The number of Topliss-reactive ketones (excluding diaryl/α,β-unsaturated/α-hetero) is 1. The van der Waals surface area contributed by atoms with Crippen LogP contribution in [0.25, 0.3) is 6.08 Å². The van der Waals surface area contributed by atoms with Crippen molar-refractivity contribution in [3.05, 3.63) is 47.0 Å². The number of aliphatic hydroxyl groups excluding tert-OH is 1. The highest BCUT2D eigenvalue weighted by Crippen LogP contribution is 2.50. The summed E-state index contributed by atoms with van der Waals surface area (Å²) in [5.74, 6) is 1.42. The van der Waals surface area contributed by atoms with Crippen LogP contribution in [0, 0.1) is 0 Å². The smallest absolute Gasteiger partial charge is 0.235 e. The molecule has 0 spiro atoms. The number of hydrogen-bond acceptors (Lipinski definition) is 7. The van der Waals surface area contributed by atoms with Gasteiger partial charge in [0.1, 0.15) is 22.8 Å². The molecule has 0 amide bonds. The molecule has 7 heteroatoms. The van der Waals surface area contributed by atoms with Gasteiger partial charge in [0.05, 0.1) is 31.3 Å². The van der Waals surface area contributed by atoms with Gasteiger partial charge in [0.25, 0.3) is 0 Å². The van der Waals surface area contributed by atoms with Crippen LogP contribution in [-0.4, -0.2) is 43.1 Å². The molecule has 1 N–H and O–H groups in total. The van der Waals surface area contributed by atoms with Crippen LogP contribution in [0.15, 0.2) is 30.3 Å². The van der Waals surface area contributed by atoms with E-state index in [0.29, 0.717) is 45.4 Å². The first-order valence-corrected chi connectivity index (χ1v) is 9.70. The first-order valence-electron chi connectivity index (χ1n) is 9.70. The van der Waals surface area contributed by atoms with Crippen LogP contribution in [0.3, 0.4) is 0 Å². The van der Waals surface area contributed by atoms with Gasteiger partial charge < -0.3 is 28.8 Å². The summed E-state index contributed by atoms with van der Waals surface area (Å²) in [5.41, 5.74) is 1.26. The lowest BCUT2D eigenvalue weighted by molar-refractivity contribution is -0.112. The molecular weight excluding hydrogens is 388 g/mol. The molecule has 2 aromatic carbocycles. The number of hydrogen-bond donors (Lipinski definition) is 1. The van der Waals surface area contributed by atoms with E-state index in [2.05, 4.69) is 0 Å². The molecule has 30 heavy (non-hydrogen) atoms. The van der Waals surface area contributed by atoms with Gasteiger partial charge in [0.2, 0.25) is 6.29 Å². The lowest BCUT2D eigenvalue weighted by Crippen LogP contribution is -2.49. The van der Waals surface area contributed by atoms with Crippen molar-refractivity contribution in [3.63, 3.8) is 0 Å². The number of benzene rings is 2. The maximum absolute atomic E-state index is 13.5. The minimum atomic E-state index is -1.32. The summed E-state index contributed by atoms with van der Waals surface area (Å²) >= 11 is 0. The first-order chi connectivity index (χ1) is 14.3. The van der Waals surface area contributed by atoms with Crippen molar-refractivity contribution in [1.29, 1.82) is 0 Å². The van der Waals surface area contributed by atoms with Gasteiger partial charge in [-0.2, -0.15) is 0 Å². The van der Waals surface area contributed by atoms with Crippen LogP contribution < -0.4 is 23.7 Å². The van der Waals surface area contributed by atoms with E-state index >= 15 is 0 Å². The Morgan fingerprint density at radius 1 is 1.03 bits per heavy atom. The molecule has 0 saturated carbocycles. The molecule has 0 aromatic heterocycles. The van der Waals surface area contributed by atoms with E-state index < -0.39 is 23.9 Å². The van der Waals surface area contributed by atoms with Crippen molar-refractivity contribution in [3.8, 4) is 28.7 Å². The van der Waals surface area contributed by atoms with Crippen molar-refractivity contribution in [2.24, 2.45) is 0 Å². The van der Waals surface area contributed by atoms with Crippen molar-refractivity contribution in [2.45, 2.75) is 37.8 Å². The third kappa shape index (κ3) is 2.65. The summed E-state index contributed by atoms with van der Waals surface area (Å²) in [4.78, 5) is 13.5. The summed E-state index contributed by atoms with van der Waals surface area (Å²) < 4.78 is 28.5. The van der Waals surface area contributed by atoms with Gasteiger partial charge in [-0.1, -0.05) is 0 Å². The normalized spacial score (nSPS) is 24.8. The number of carbonyl (C=O) groups is 1. The highest BCUT2D eigenvalue weighted by atomic mass is 16.6. The van der Waals surface area contributed by atoms with Crippen LogP contribution >= 0.6 is 0 Å². The Hall–Kier alpha value is -3.19. The molecule has 2 aromatic rings. The van der Waals surface area contributed by atoms with Crippen LogP contribution in [0.4, 0.5) is 0 Å². The zero-order valence-electron chi connectivity index (χ0n) is 17.1. The second-order valence-electron chi connectivity index (χ2n) is 8.07. The number of aliphatic hydroxyl groups is 1. The predicted molar refractivity (Wildman–Crippen MR) is 108 cm³/mol. The van der Waals surface area contributed by atoms with Crippen LogP contribution in [-0.2, 0) is 0 Å². The lowest BCUT2D eigenvalue weighted by Gasteiger charge is -2.41. The van der Waals surface area contributed by atoms with E-state index in [9.17, 15) is 9.90 Å².